The average Bonchev–Trinajstić information content (AvgIpc) is 2.43. The van der Waals surface area contributed by atoms with Crippen LogP contribution < -0.4 is 5.32 Å². The molecule has 8 nitrogen and oxygen atoms in total. The van der Waals surface area contributed by atoms with E-state index in [1.54, 1.807) is 13.8 Å². The molecule has 0 bridgehead atoms. The highest BCUT2D eigenvalue weighted by Crippen LogP contribution is 2.23. The van der Waals surface area contributed by atoms with Gasteiger partial charge in [-0.1, -0.05) is 0 Å². The van der Waals surface area contributed by atoms with Crippen molar-refractivity contribution in [3.63, 3.8) is 0 Å². The highest BCUT2D eigenvalue weighted by Gasteiger charge is 2.40. The fourth-order valence-electron chi connectivity index (χ4n) is 2.28. The van der Waals surface area contributed by atoms with Crippen molar-refractivity contribution in [1.29, 1.82) is 0 Å². The normalized spacial score (nSPS) is 20.8. The van der Waals surface area contributed by atoms with Crippen LogP contribution in [0.2, 0.25) is 0 Å². The number of rotatable bonds is 7. The summed E-state index contributed by atoms with van der Waals surface area (Å²) in [7, 11) is -6.11. The van der Waals surface area contributed by atoms with Crippen LogP contribution in [-0.2, 0) is 24.4 Å². The van der Waals surface area contributed by atoms with Crippen LogP contribution in [0.1, 0.15) is 20.8 Å². The molecule has 0 aliphatic carbocycles. The minimum atomic E-state index is -3.09. The standard InChI is InChI=1S/C14H29N3O5S2/c1-5-15-13(16-6-8-22-9-11-23(4,18)19)17-7-10-24(20,21)14(2,3)12-17/h5-12H2,1-4H3,(H,15,16). The monoisotopic (exact) mass is 383 g/mol. The van der Waals surface area contributed by atoms with Crippen LogP contribution in [0, 0.1) is 0 Å². The van der Waals surface area contributed by atoms with Crippen molar-refractivity contribution in [2.75, 3.05) is 57.2 Å². The molecular formula is C14H29N3O5S2. The molecule has 0 aromatic rings. The summed E-state index contributed by atoms with van der Waals surface area (Å²) in [6.07, 6.45) is 1.17. The van der Waals surface area contributed by atoms with E-state index < -0.39 is 24.4 Å². The third kappa shape index (κ3) is 6.56. The number of aliphatic imine (C=N–C) groups is 1. The summed E-state index contributed by atoms with van der Waals surface area (Å²) < 4.78 is 50.6. The summed E-state index contributed by atoms with van der Waals surface area (Å²) in [5, 5.41) is 3.16. The SMILES string of the molecule is CCNC(=NCCOCCS(C)(=O)=O)N1CCS(=O)(=O)C(C)(C)C1. The molecule has 1 rings (SSSR count). The number of nitrogens with zero attached hydrogens (tertiary/aromatic N) is 2. The third-order valence-electron chi connectivity index (χ3n) is 3.77. The lowest BCUT2D eigenvalue weighted by Gasteiger charge is -2.39. The van der Waals surface area contributed by atoms with Crippen molar-refractivity contribution in [2.24, 2.45) is 4.99 Å². The van der Waals surface area contributed by atoms with Gasteiger partial charge in [0.1, 0.15) is 9.84 Å². The molecule has 1 saturated heterocycles. The molecule has 0 spiro atoms. The summed E-state index contributed by atoms with van der Waals surface area (Å²) in [5.41, 5.74) is 0. The molecule has 0 unspecified atom stereocenters. The van der Waals surface area contributed by atoms with E-state index in [1.165, 1.54) is 6.26 Å². The third-order valence-corrected chi connectivity index (χ3v) is 7.21. The maximum Gasteiger partial charge on any atom is 0.194 e. The smallest absolute Gasteiger partial charge is 0.194 e. The molecule has 1 aliphatic rings. The van der Waals surface area contributed by atoms with E-state index in [2.05, 4.69) is 10.3 Å². The zero-order chi connectivity index (χ0) is 18.4. The Morgan fingerprint density at radius 2 is 2.00 bits per heavy atom. The first-order valence-electron chi connectivity index (χ1n) is 7.99. The van der Waals surface area contributed by atoms with E-state index in [1.807, 2.05) is 11.8 Å². The highest BCUT2D eigenvalue weighted by atomic mass is 32.2. The molecule has 0 aromatic carbocycles. The number of hydrogen-bond donors (Lipinski definition) is 1. The van der Waals surface area contributed by atoms with Crippen molar-refractivity contribution in [3.05, 3.63) is 0 Å². The molecule has 0 aromatic heterocycles. The average molecular weight is 384 g/mol. The Balaban J connectivity index is 2.57. The van der Waals surface area contributed by atoms with Crippen LogP contribution >= 0.6 is 0 Å². The second-order valence-electron chi connectivity index (χ2n) is 6.48. The molecule has 1 fully saturated rings. The molecule has 0 amide bonds. The Morgan fingerprint density at radius 1 is 1.33 bits per heavy atom. The molecule has 10 heteroatoms. The lowest BCUT2D eigenvalue weighted by atomic mass is 10.2. The van der Waals surface area contributed by atoms with Crippen LogP contribution in [-0.4, -0.2) is 89.6 Å². The van der Waals surface area contributed by atoms with Crippen LogP contribution in [0.15, 0.2) is 4.99 Å². The Labute approximate surface area is 145 Å². The lowest BCUT2D eigenvalue weighted by Crippen LogP contribution is -2.57. The van der Waals surface area contributed by atoms with Crippen LogP contribution in [0.5, 0.6) is 0 Å². The summed E-state index contributed by atoms with van der Waals surface area (Å²) in [6.45, 7) is 7.73. The first-order valence-corrected chi connectivity index (χ1v) is 11.7. The number of nitrogens with one attached hydrogen (secondary N) is 1. The van der Waals surface area contributed by atoms with Crippen LogP contribution in [0.25, 0.3) is 0 Å². The molecule has 0 saturated carbocycles. The Hall–Kier alpha value is -0.870. The second-order valence-corrected chi connectivity index (χ2v) is 11.5. The van der Waals surface area contributed by atoms with Gasteiger partial charge in [-0.25, -0.2) is 16.8 Å². The molecule has 142 valence electrons. The van der Waals surface area contributed by atoms with Gasteiger partial charge in [0.25, 0.3) is 0 Å². The summed E-state index contributed by atoms with van der Waals surface area (Å²) in [6, 6.07) is 0. The predicted molar refractivity (Wildman–Crippen MR) is 95.9 cm³/mol. The van der Waals surface area contributed by atoms with Gasteiger partial charge in [-0.05, 0) is 20.8 Å². The number of ether oxygens (including phenoxy) is 1. The molecule has 0 atom stereocenters. The quantitative estimate of drug-likeness (QED) is 0.360. The van der Waals surface area contributed by atoms with E-state index in [-0.39, 0.29) is 18.1 Å². The van der Waals surface area contributed by atoms with Gasteiger partial charge < -0.3 is 15.0 Å². The Morgan fingerprint density at radius 3 is 2.54 bits per heavy atom. The van der Waals surface area contributed by atoms with Crippen molar-refractivity contribution in [2.45, 2.75) is 25.5 Å². The molecule has 0 radical (unpaired) electrons. The number of hydrogen-bond acceptors (Lipinski definition) is 6. The Bertz CT molecular complexity index is 641. The largest absolute Gasteiger partial charge is 0.378 e. The molecular weight excluding hydrogens is 354 g/mol. The Kier molecular flexibility index (Phi) is 7.48. The fraction of sp³-hybridized carbons (Fsp3) is 0.929. The minimum Gasteiger partial charge on any atom is -0.378 e. The van der Waals surface area contributed by atoms with Crippen molar-refractivity contribution >= 4 is 25.6 Å². The van der Waals surface area contributed by atoms with E-state index >= 15 is 0 Å². The van der Waals surface area contributed by atoms with Gasteiger partial charge >= 0.3 is 0 Å². The predicted octanol–water partition coefficient (Wildman–Crippen LogP) is -0.478. The second kappa shape index (κ2) is 8.48. The fourth-order valence-corrected chi connectivity index (χ4v) is 4.07. The van der Waals surface area contributed by atoms with Gasteiger partial charge in [-0.3, -0.25) is 4.99 Å². The first kappa shape index (κ1) is 21.2. The maximum atomic E-state index is 12.1. The van der Waals surface area contributed by atoms with E-state index in [9.17, 15) is 16.8 Å². The maximum absolute atomic E-state index is 12.1. The molecule has 1 aliphatic heterocycles. The molecule has 1 N–H and O–H groups in total. The zero-order valence-corrected chi connectivity index (χ0v) is 16.5. The highest BCUT2D eigenvalue weighted by molar-refractivity contribution is 7.92. The van der Waals surface area contributed by atoms with Crippen LogP contribution in [0.3, 0.4) is 0 Å². The molecule has 24 heavy (non-hydrogen) atoms. The van der Waals surface area contributed by atoms with Gasteiger partial charge in [-0.2, -0.15) is 0 Å². The van der Waals surface area contributed by atoms with E-state index in [0.717, 1.165) is 0 Å². The van der Waals surface area contributed by atoms with Crippen molar-refractivity contribution in [3.8, 4) is 0 Å². The zero-order valence-electron chi connectivity index (χ0n) is 14.9. The molecule has 1 heterocycles. The lowest BCUT2D eigenvalue weighted by molar-refractivity contribution is 0.157. The van der Waals surface area contributed by atoms with E-state index in [4.69, 9.17) is 4.74 Å². The van der Waals surface area contributed by atoms with Crippen molar-refractivity contribution in [1.82, 2.24) is 10.2 Å². The van der Waals surface area contributed by atoms with Gasteiger partial charge in [0.2, 0.25) is 0 Å². The van der Waals surface area contributed by atoms with Gasteiger partial charge in [-0.15, -0.1) is 0 Å². The summed E-state index contributed by atoms with van der Waals surface area (Å²) in [5.74, 6) is 0.761. The number of sulfone groups is 2. The van der Waals surface area contributed by atoms with Crippen molar-refractivity contribution < 1.29 is 21.6 Å². The topological polar surface area (TPSA) is 105 Å². The van der Waals surface area contributed by atoms with E-state index in [0.29, 0.717) is 38.7 Å². The minimum absolute atomic E-state index is 0.00500. The number of guanidine groups is 1. The summed E-state index contributed by atoms with van der Waals surface area (Å²) >= 11 is 0. The van der Waals surface area contributed by atoms with Gasteiger partial charge in [0, 0.05) is 25.9 Å². The van der Waals surface area contributed by atoms with Gasteiger partial charge in [0.05, 0.1) is 36.0 Å². The van der Waals surface area contributed by atoms with Crippen LogP contribution in [0.4, 0.5) is 0 Å². The van der Waals surface area contributed by atoms with Gasteiger partial charge in [0.15, 0.2) is 15.8 Å². The summed E-state index contributed by atoms with van der Waals surface area (Å²) in [4.78, 5) is 6.39. The first-order chi connectivity index (χ1) is 11.0.